The van der Waals surface area contributed by atoms with Gasteiger partial charge in [-0.05, 0) is 55.8 Å². The van der Waals surface area contributed by atoms with Crippen molar-refractivity contribution in [3.8, 4) is 11.4 Å². The molecule has 1 unspecified atom stereocenters. The number of ether oxygens (including phenoxy) is 1. The first-order chi connectivity index (χ1) is 17.4. The van der Waals surface area contributed by atoms with Crippen molar-refractivity contribution >= 4 is 34.1 Å². The van der Waals surface area contributed by atoms with Crippen molar-refractivity contribution < 1.29 is 9.53 Å². The fraction of sp³-hybridized carbons (Fsp3) is 0.250. The van der Waals surface area contributed by atoms with Crippen molar-refractivity contribution in [3.63, 3.8) is 0 Å². The van der Waals surface area contributed by atoms with E-state index in [4.69, 9.17) is 21.3 Å². The number of nitrogens with one attached hydrogen (secondary N) is 2. The summed E-state index contributed by atoms with van der Waals surface area (Å²) in [5.41, 5.74) is 2.98. The van der Waals surface area contributed by atoms with E-state index in [0.29, 0.717) is 46.9 Å². The molecule has 1 heterocycles. The number of hydrogen-bond donors (Lipinski definition) is 2. The predicted octanol–water partition coefficient (Wildman–Crippen LogP) is 4.91. The van der Waals surface area contributed by atoms with Crippen LogP contribution in [0.25, 0.3) is 16.6 Å². The lowest BCUT2D eigenvalue weighted by Crippen LogP contribution is -2.40. The zero-order valence-electron chi connectivity index (χ0n) is 20.5. The molecule has 0 aliphatic carbocycles. The lowest BCUT2D eigenvalue weighted by atomic mass is 10.1. The molecule has 0 radical (unpaired) electrons. The average molecular weight is 505 g/mol. The molecule has 36 heavy (non-hydrogen) atoms. The molecule has 1 atom stereocenters. The molecule has 0 spiro atoms. The van der Waals surface area contributed by atoms with Crippen LogP contribution < -0.4 is 20.9 Å². The molecule has 0 aliphatic heterocycles. The summed E-state index contributed by atoms with van der Waals surface area (Å²) in [5, 5.41) is 7.24. The molecular formula is C28H29ClN4O3. The minimum atomic E-state index is -0.417. The number of rotatable bonds is 9. The number of methoxy groups -OCH3 is 1. The van der Waals surface area contributed by atoms with Gasteiger partial charge in [-0.25, -0.2) is 4.98 Å². The van der Waals surface area contributed by atoms with Gasteiger partial charge in [-0.15, -0.1) is 0 Å². The molecule has 0 saturated heterocycles. The highest BCUT2D eigenvalue weighted by Crippen LogP contribution is 2.19. The molecule has 3 aromatic carbocycles. The van der Waals surface area contributed by atoms with Crippen LogP contribution in [0, 0.1) is 6.92 Å². The number of anilines is 1. The lowest BCUT2D eigenvalue weighted by Gasteiger charge is -2.19. The number of fused-ring (bicyclic) bond motifs is 1. The van der Waals surface area contributed by atoms with Crippen LogP contribution >= 0.6 is 11.6 Å². The number of hydrogen-bond acceptors (Lipinski definition) is 5. The highest BCUT2D eigenvalue weighted by molar-refractivity contribution is 6.31. The maximum Gasteiger partial charge on any atom is 0.265 e. The van der Waals surface area contributed by atoms with Gasteiger partial charge in [-0.3, -0.25) is 14.2 Å². The molecule has 8 heteroatoms. The van der Waals surface area contributed by atoms with Gasteiger partial charge in [-0.1, -0.05) is 42.3 Å². The summed E-state index contributed by atoms with van der Waals surface area (Å²) in [5.74, 6) is 1.13. The van der Waals surface area contributed by atoms with Gasteiger partial charge in [0.2, 0.25) is 5.91 Å². The molecule has 0 bridgehead atoms. The Morgan fingerprint density at radius 3 is 2.61 bits per heavy atom. The molecule has 4 rings (SSSR count). The van der Waals surface area contributed by atoms with E-state index in [1.807, 2.05) is 62.4 Å². The second-order valence-corrected chi connectivity index (χ2v) is 8.98. The SMILES string of the molecule is CCC(Nc1cccc(OC)c1)C(=O)NCCc1nc2cc(Cl)ccc2c(=O)n1-c1ccc(C)cc1. The van der Waals surface area contributed by atoms with Gasteiger partial charge in [0.25, 0.3) is 5.56 Å². The number of amides is 1. The number of nitrogens with zero attached hydrogens (tertiary/aromatic N) is 2. The normalized spacial score (nSPS) is 11.8. The Morgan fingerprint density at radius 2 is 1.89 bits per heavy atom. The van der Waals surface area contributed by atoms with Crippen LogP contribution in [-0.2, 0) is 11.2 Å². The lowest BCUT2D eigenvalue weighted by molar-refractivity contribution is -0.121. The summed E-state index contributed by atoms with van der Waals surface area (Å²) in [6.45, 7) is 4.26. The zero-order chi connectivity index (χ0) is 25.7. The summed E-state index contributed by atoms with van der Waals surface area (Å²) in [6, 6.07) is 19.8. The van der Waals surface area contributed by atoms with Gasteiger partial charge in [0.15, 0.2) is 0 Å². The monoisotopic (exact) mass is 504 g/mol. The van der Waals surface area contributed by atoms with Crippen molar-refractivity contribution in [1.29, 1.82) is 0 Å². The minimum Gasteiger partial charge on any atom is -0.497 e. The second-order valence-electron chi connectivity index (χ2n) is 8.54. The first kappa shape index (κ1) is 25.3. The van der Waals surface area contributed by atoms with Crippen LogP contribution in [0.3, 0.4) is 0 Å². The molecule has 186 valence electrons. The molecule has 0 saturated carbocycles. The molecule has 1 amide bonds. The van der Waals surface area contributed by atoms with Crippen molar-refractivity contribution in [3.05, 3.63) is 93.5 Å². The molecule has 2 N–H and O–H groups in total. The number of aromatic nitrogens is 2. The summed E-state index contributed by atoms with van der Waals surface area (Å²) < 4.78 is 6.87. The van der Waals surface area contributed by atoms with Gasteiger partial charge >= 0.3 is 0 Å². The first-order valence-electron chi connectivity index (χ1n) is 11.9. The summed E-state index contributed by atoms with van der Waals surface area (Å²) in [6.07, 6.45) is 0.969. The Hall–Kier alpha value is -3.84. The Bertz CT molecular complexity index is 1430. The standard InChI is InChI=1S/C28H29ClN4O3/c1-4-24(31-20-6-5-7-22(17-20)36-3)27(34)30-15-14-26-32-25-16-19(29)10-13-23(25)28(35)33(26)21-11-8-18(2)9-12-21/h5-13,16-17,24,31H,4,14-15H2,1-3H3,(H,30,34). The van der Waals surface area contributed by atoms with E-state index in [1.54, 1.807) is 29.9 Å². The summed E-state index contributed by atoms with van der Waals surface area (Å²) in [4.78, 5) is 31.1. The van der Waals surface area contributed by atoms with Gasteiger partial charge < -0.3 is 15.4 Å². The quantitative estimate of drug-likeness (QED) is 0.338. The Kier molecular flexibility index (Phi) is 7.90. The molecule has 0 fully saturated rings. The van der Waals surface area contributed by atoms with Crippen LogP contribution in [0.15, 0.2) is 71.5 Å². The fourth-order valence-electron chi connectivity index (χ4n) is 4.02. The number of halogens is 1. The topological polar surface area (TPSA) is 85.2 Å². The fourth-order valence-corrected chi connectivity index (χ4v) is 4.19. The minimum absolute atomic E-state index is 0.131. The maximum absolute atomic E-state index is 13.4. The van der Waals surface area contributed by atoms with E-state index in [-0.39, 0.29) is 11.5 Å². The van der Waals surface area contributed by atoms with Crippen molar-refractivity contribution in [2.45, 2.75) is 32.7 Å². The Balaban J connectivity index is 1.55. The molecule has 7 nitrogen and oxygen atoms in total. The number of aryl methyl sites for hydroxylation is 1. The number of carbonyl (C=O) groups excluding carboxylic acids is 1. The van der Waals surface area contributed by atoms with Gasteiger partial charge in [0, 0.05) is 29.7 Å². The molecule has 1 aromatic heterocycles. The van der Waals surface area contributed by atoms with Crippen LogP contribution in [-0.4, -0.2) is 35.2 Å². The third-order valence-corrected chi connectivity index (χ3v) is 6.21. The van der Waals surface area contributed by atoms with Crippen molar-refractivity contribution in [1.82, 2.24) is 14.9 Å². The van der Waals surface area contributed by atoms with Gasteiger partial charge in [-0.2, -0.15) is 0 Å². The number of carbonyl (C=O) groups is 1. The Morgan fingerprint density at radius 1 is 1.11 bits per heavy atom. The predicted molar refractivity (Wildman–Crippen MR) is 144 cm³/mol. The van der Waals surface area contributed by atoms with Crippen LogP contribution in [0.2, 0.25) is 5.02 Å². The number of benzene rings is 3. The van der Waals surface area contributed by atoms with Gasteiger partial charge in [0.1, 0.15) is 17.6 Å². The smallest absolute Gasteiger partial charge is 0.265 e. The largest absolute Gasteiger partial charge is 0.497 e. The summed E-state index contributed by atoms with van der Waals surface area (Å²) >= 11 is 6.16. The van der Waals surface area contributed by atoms with Crippen molar-refractivity contribution in [2.75, 3.05) is 19.0 Å². The van der Waals surface area contributed by atoms with E-state index in [1.165, 1.54) is 0 Å². The summed E-state index contributed by atoms with van der Waals surface area (Å²) in [7, 11) is 1.61. The molecular weight excluding hydrogens is 476 g/mol. The van der Waals surface area contributed by atoms with E-state index in [9.17, 15) is 9.59 Å². The first-order valence-corrected chi connectivity index (χ1v) is 12.2. The van der Waals surface area contributed by atoms with Crippen LogP contribution in [0.1, 0.15) is 24.7 Å². The second kappa shape index (κ2) is 11.3. The zero-order valence-corrected chi connectivity index (χ0v) is 21.3. The maximum atomic E-state index is 13.4. The molecule has 0 aliphatic rings. The van der Waals surface area contributed by atoms with E-state index in [2.05, 4.69) is 10.6 Å². The van der Waals surface area contributed by atoms with Gasteiger partial charge in [0.05, 0.1) is 23.7 Å². The highest BCUT2D eigenvalue weighted by atomic mass is 35.5. The highest BCUT2D eigenvalue weighted by Gasteiger charge is 2.18. The third-order valence-electron chi connectivity index (χ3n) is 5.98. The van der Waals surface area contributed by atoms with Crippen LogP contribution in [0.4, 0.5) is 5.69 Å². The van der Waals surface area contributed by atoms with Crippen molar-refractivity contribution in [2.24, 2.45) is 0 Å². The molecule has 4 aromatic rings. The average Bonchev–Trinajstić information content (AvgIpc) is 2.88. The van der Waals surface area contributed by atoms with E-state index >= 15 is 0 Å². The Labute approximate surface area is 215 Å². The van der Waals surface area contributed by atoms with E-state index < -0.39 is 6.04 Å². The third kappa shape index (κ3) is 5.69. The van der Waals surface area contributed by atoms with E-state index in [0.717, 1.165) is 16.9 Å². The van der Waals surface area contributed by atoms with Crippen LogP contribution in [0.5, 0.6) is 5.75 Å².